The average Bonchev–Trinajstić information content (AvgIpc) is 2.83. The zero-order valence-corrected chi connectivity index (χ0v) is 20.8. The van der Waals surface area contributed by atoms with Crippen LogP contribution in [0.1, 0.15) is 0 Å². The molecule has 0 fully saturated rings. The highest BCUT2D eigenvalue weighted by atomic mass is 16.6. The van der Waals surface area contributed by atoms with Crippen molar-refractivity contribution in [2.75, 3.05) is 140 Å². The summed E-state index contributed by atoms with van der Waals surface area (Å²) in [6, 6.07) is 0. The molecule has 0 heterocycles. The SMILES string of the molecule is COCCOCCOCCOCC(COCCOCCOCCOC)OCCOCCOC. The topological polar surface area (TPSA) is 102 Å². The molecule has 0 N–H and O–H groups in total. The molecule has 0 aliphatic carbocycles. The maximum Gasteiger partial charge on any atom is 0.104 e. The second kappa shape index (κ2) is 29.6. The molecule has 0 amide bonds. The van der Waals surface area contributed by atoms with Crippen LogP contribution >= 0.6 is 0 Å². The first-order valence-electron chi connectivity index (χ1n) is 11.5. The molecule has 0 aliphatic heterocycles. The van der Waals surface area contributed by atoms with Gasteiger partial charge in [-0.25, -0.2) is 0 Å². The molecule has 200 valence electrons. The molecule has 11 nitrogen and oxygen atoms in total. The van der Waals surface area contributed by atoms with Gasteiger partial charge in [0, 0.05) is 21.3 Å². The van der Waals surface area contributed by atoms with Crippen LogP contribution in [-0.4, -0.2) is 146 Å². The minimum absolute atomic E-state index is 0.203. The third-order valence-corrected chi connectivity index (χ3v) is 3.97. The van der Waals surface area contributed by atoms with Gasteiger partial charge in [0.05, 0.1) is 119 Å². The fourth-order valence-corrected chi connectivity index (χ4v) is 2.26. The molecule has 0 atom stereocenters. The average molecular weight is 487 g/mol. The zero-order chi connectivity index (χ0) is 24.1. The monoisotopic (exact) mass is 486 g/mol. The molecule has 0 aromatic carbocycles. The summed E-state index contributed by atoms with van der Waals surface area (Å²) in [6.45, 7) is 9.16. The first kappa shape index (κ1) is 32.6. The summed E-state index contributed by atoms with van der Waals surface area (Å²) < 4.78 is 59.0. The zero-order valence-electron chi connectivity index (χ0n) is 20.8. The lowest BCUT2D eigenvalue weighted by molar-refractivity contribution is -0.0865. The van der Waals surface area contributed by atoms with Gasteiger partial charge < -0.3 is 52.1 Å². The van der Waals surface area contributed by atoms with Gasteiger partial charge in [0.15, 0.2) is 0 Å². The van der Waals surface area contributed by atoms with E-state index >= 15 is 0 Å². The number of ether oxygens (including phenoxy) is 11. The van der Waals surface area contributed by atoms with Crippen LogP contribution in [0.2, 0.25) is 0 Å². The number of methoxy groups -OCH3 is 3. The van der Waals surface area contributed by atoms with Crippen LogP contribution < -0.4 is 0 Å². The van der Waals surface area contributed by atoms with Crippen LogP contribution in [-0.2, 0) is 52.1 Å². The lowest BCUT2D eigenvalue weighted by atomic mass is 10.4. The van der Waals surface area contributed by atoms with Crippen LogP contribution in [0.3, 0.4) is 0 Å². The minimum atomic E-state index is -0.203. The Morgan fingerprint density at radius 2 is 0.606 bits per heavy atom. The Morgan fingerprint density at radius 3 is 0.939 bits per heavy atom. The van der Waals surface area contributed by atoms with E-state index in [0.29, 0.717) is 119 Å². The van der Waals surface area contributed by atoms with Crippen molar-refractivity contribution in [3.63, 3.8) is 0 Å². The Balaban J connectivity index is 3.79. The predicted molar refractivity (Wildman–Crippen MR) is 121 cm³/mol. The van der Waals surface area contributed by atoms with Gasteiger partial charge in [-0.2, -0.15) is 0 Å². The summed E-state index contributed by atoms with van der Waals surface area (Å²) in [6.07, 6.45) is -0.203. The van der Waals surface area contributed by atoms with E-state index in [4.69, 9.17) is 52.1 Å². The molecule has 0 saturated carbocycles. The van der Waals surface area contributed by atoms with Gasteiger partial charge in [-0.3, -0.25) is 0 Å². The van der Waals surface area contributed by atoms with Crippen molar-refractivity contribution in [3.8, 4) is 0 Å². The van der Waals surface area contributed by atoms with Crippen LogP contribution in [0.15, 0.2) is 0 Å². The van der Waals surface area contributed by atoms with Gasteiger partial charge in [-0.05, 0) is 0 Å². The van der Waals surface area contributed by atoms with Gasteiger partial charge >= 0.3 is 0 Å². The van der Waals surface area contributed by atoms with E-state index in [-0.39, 0.29) is 6.10 Å². The second-order valence-corrected chi connectivity index (χ2v) is 6.68. The second-order valence-electron chi connectivity index (χ2n) is 6.68. The van der Waals surface area contributed by atoms with E-state index in [2.05, 4.69) is 0 Å². The van der Waals surface area contributed by atoms with Crippen molar-refractivity contribution < 1.29 is 52.1 Å². The maximum atomic E-state index is 5.83. The molecule has 0 bridgehead atoms. The highest BCUT2D eigenvalue weighted by Crippen LogP contribution is 1.97. The molecule has 0 rings (SSSR count). The Labute approximate surface area is 199 Å². The van der Waals surface area contributed by atoms with E-state index in [9.17, 15) is 0 Å². The third kappa shape index (κ3) is 27.7. The van der Waals surface area contributed by atoms with Crippen LogP contribution in [0.5, 0.6) is 0 Å². The van der Waals surface area contributed by atoms with Crippen LogP contribution in [0, 0.1) is 0 Å². The Hall–Kier alpha value is -0.440. The number of hydrogen-bond acceptors (Lipinski definition) is 11. The van der Waals surface area contributed by atoms with Gasteiger partial charge in [0.25, 0.3) is 0 Å². The summed E-state index contributed by atoms with van der Waals surface area (Å²) in [5.74, 6) is 0. The molecule has 0 unspecified atom stereocenters. The van der Waals surface area contributed by atoms with Gasteiger partial charge in [0.1, 0.15) is 6.10 Å². The lowest BCUT2D eigenvalue weighted by Crippen LogP contribution is -2.29. The summed E-state index contributed by atoms with van der Waals surface area (Å²) in [5, 5.41) is 0. The third-order valence-electron chi connectivity index (χ3n) is 3.97. The molecule has 0 saturated heterocycles. The highest BCUT2D eigenvalue weighted by Gasteiger charge is 2.10. The molecule has 11 heteroatoms. The summed E-state index contributed by atoms with van der Waals surface area (Å²) in [4.78, 5) is 0. The van der Waals surface area contributed by atoms with Gasteiger partial charge in [-0.15, -0.1) is 0 Å². The largest absolute Gasteiger partial charge is 0.382 e. The lowest BCUT2D eigenvalue weighted by Gasteiger charge is -2.18. The molecule has 0 radical (unpaired) electrons. The van der Waals surface area contributed by atoms with Crippen LogP contribution in [0.25, 0.3) is 0 Å². The first-order valence-corrected chi connectivity index (χ1v) is 11.5. The Bertz CT molecular complexity index is 326. The van der Waals surface area contributed by atoms with Crippen LogP contribution in [0.4, 0.5) is 0 Å². The molecule has 33 heavy (non-hydrogen) atoms. The van der Waals surface area contributed by atoms with Crippen molar-refractivity contribution in [3.05, 3.63) is 0 Å². The van der Waals surface area contributed by atoms with E-state index in [1.165, 1.54) is 0 Å². The Kier molecular flexibility index (Phi) is 29.2. The van der Waals surface area contributed by atoms with E-state index in [1.54, 1.807) is 21.3 Å². The molecule has 0 aliphatic rings. The van der Waals surface area contributed by atoms with Crippen molar-refractivity contribution in [1.29, 1.82) is 0 Å². The fraction of sp³-hybridized carbons (Fsp3) is 1.00. The minimum Gasteiger partial charge on any atom is -0.382 e. The quantitative estimate of drug-likeness (QED) is 0.138. The van der Waals surface area contributed by atoms with E-state index < -0.39 is 0 Å². The Morgan fingerprint density at radius 1 is 0.333 bits per heavy atom. The molecule has 0 aromatic rings. The standard InChI is InChI=1S/C22H46O11/c1-23-4-7-26-10-12-29-14-16-31-20-22(33-19-18-28-9-6-25-3)21-32-17-15-30-13-11-27-8-5-24-2/h22H,4-21H2,1-3H3. The first-order chi connectivity index (χ1) is 16.3. The van der Waals surface area contributed by atoms with Crippen molar-refractivity contribution in [1.82, 2.24) is 0 Å². The van der Waals surface area contributed by atoms with E-state index in [1.807, 2.05) is 0 Å². The predicted octanol–water partition coefficient (Wildman–Crippen LogP) is 0.427. The van der Waals surface area contributed by atoms with Crippen molar-refractivity contribution in [2.45, 2.75) is 6.10 Å². The van der Waals surface area contributed by atoms with E-state index in [0.717, 1.165) is 0 Å². The summed E-state index contributed by atoms with van der Waals surface area (Å²) >= 11 is 0. The number of hydrogen-bond donors (Lipinski definition) is 0. The number of rotatable bonds is 29. The molecular formula is C22H46O11. The summed E-state index contributed by atoms with van der Waals surface area (Å²) in [5.41, 5.74) is 0. The van der Waals surface area contributed by atoms with Crippen molar-refractivity contribution in [2.24, 2.45) is 0 Å². The molecular weight excluding hydrogens is 440 g/mol. The smallest absolute Gasteiger partial charge is 0.104 e. The molecule has 0 aromatic heterocycles. The van der Waals surface area contributed by atoms with Crippen molar-refractivity contribution >= 4 is 0 Å². The fourth-order valence-electron chi connectivity index (χ4n) is 2.26. The highest BCUT2D eigenvalue weighted by molar-refractivity contribution is 4.56. The van der Waals surface area contributed by atoms with Gasteiger partial charge in [-0.1, -0.05) is 0 Å². The molecule has 0 spiro atoms. The van der Waals surface area contributed by atoms with Gasteiger partial charge in [0.2, 0.25) is 0 Å². The maximum absolute atomic E-state index is 5.83. The summed E-state index contributed by atoms with van der Waals surface area (Å²) in [7, 11) is 4.93. The normalized spacial score (nSPS) is 11.6.